The number of anilines is 1. The second kappa shape index (κ2) is 6.04. The van der Waals surface area contributed by atoms with Crippen molar-refractivity contribution in [3.63, 3.8) is 0 Å². The van der Waals surface area contributed by atoms with Crippen molar-refractivity contribution in [2.45, 2.75) is 39.0 Å². The number of hydrogen-bond donors (Lipinski definition) is 1. The third-order valence-electron chi connectivity index (χ3n) is 3.87. The average molecular weight is 267 g/mol. The molecule has 20 heavy (non-hydrogen) atoms. The Bertz CT molecular complexity index is 631. The van der Waals surface area contributed by atoms with E-state index in [1.807, 2.05) is 31.2 Å². The smallest absolute Gasteiger partial charge is 0.148 e. The van der Waals surface area contributed by atoms with Crippen molar-refractivity contribution in [1.82, 2.24) is 9.97 Å². The van der Waals surface area contributed by atoms with Gasteiger partial charge in [-0.05, 0) is 51.2 Å². The third-order valence-corrected chi connectivity index (χ3v) is 3.87. The standard InChI is InChI=1S/C17H21N3/c1-13-17(18-12-11-14-7-3-2-4-8-14)20-16-10-6-5-9-15(16)19-13/h5-7,9-10H,2-4,8,11-12H2,1H3,(H,18,20). The van der Waals surface area contributed by atoms with Gasteiger partial charge in [0.05, 0.1) is 16.7 Å². The minimum Gasteiger partial charge on any atom is -0.368 e. The fourth-order valence-corrected chi connectivity index (χ4v) is 2.73. The van der Waals surface area contributed by atoms with E-state index in [1.54, 1.807) is 5.57 Å². The lowest BCUT2D eigenvalue weighted by molar-refractivity contribution is 0.679. The number of nitrogens with zero attached hydrogens (tertiary/aromatic N) is 2. The maximum atomic E-state index is 4.66. The molecule has 1 aliphatic rings. The Kier molecular flexibility index (Phi) is 3.95. The highest BCUT2D eigenvalue weighted by Gasteiger charge is 2.06. The first kappa shape index (κ1) is 13.1. The Morgan fingerprint density at radius 3 is 2.65 bits per heavy atom. The molecule has 1 aliphatic carbocycles. The van der Waals surface area contributed by atoms with E-state index in [0.29, 0.717) is 0 Å². The third kappa shape index (κ3) is 2.98. The summed E-state index contributed by atoms with van der Waals surface area (Å²) in [6.07, 6.45) is 8.75. The molecule has 2 aromatic rings. The summed E-state index contributed by atoms with van der Waals surface area (Å²) < 4.78 is 0. The number of nitrogens with one attached hydrogen (secondary N) is 1. The van der Waals surface area contributed by atoms with Gasteiger partial charge in [-0.3, -0.25) is 0 Å². The molecule has 0 saturated carbocycles. The van der Waals surface area contributed by atoms with Gasteiger partial charge in [-0.25, -0.2) is 9.97 Å². The van der Waals surface area contributed by atoms with Crippen LogP contribution in [0.5, 0.6) is 0 Å². The average Bonchev–Trinajstić information content (AvgIpc) is 2.49. The Morgan fingerprint density at radius 2 is 1.90 bits per heavy atom. The molecule has 1 aromatic heterocycles. The molecule has 0 unspecified atom stereocenters. The molecule has 0 spiro atoms. The zero-order valence-electron chi connectivity index (χ0n) is 12.0. The van der Waals surface area contributed by atoms with E-state index < -0.39 is 0 Å². The number of rotatable bonds is 4. The number of para-hydroxylation sites is 2. The largest absolute Gasteiger partial charge is 0.368 e. The number of allylic oxidation sites excluding steroid dienone is 1. The Balaban J connectivity index is 1.67. The predicted octanol–water partition coefficient (Wildman–Crippen LogP) is 4.24. The highest BCUT2D eigenvalue weighted by Crippen LogP contribution is 2.21. The molecular weight excluding hydrogens is 246 g/mol. The van der Waals surface area contributed by atoms with Crippen LogP contribution in [0.3, 0.4) is 0 Å². The first-order chi connectivity index (χ1) is 9.83. The number of benzene rings is 1. The summed E-state index contributed by atoms with van der Waals surface area (Å²) in [6.45, 7) is 2.96. The van der Waals surface area contributed by atoms with Crippen molar-refractivity contribution in [3.8, 4) is 0 Å². The van der Waals surface area contributed by atoms with Crippen molar-refractivity contribution < 1.29 is 0 Å². The lowest BCUT2D eigenvalue weighted by atomic mass is 9.97. The van der Waals surface area contributed by atoms with E-state index in [0.717, 1.165) is 35.5 Å². The van der Waals surface area contributed by atoms with Crippen LogP contribution in [0.1, 0.15) is 37.8 Å². The quantitative estimate of drug-likeness (QED) is 0.842. The first-order valence-electron chi connectivity index (χ1n) is 7.48. The van der Waals surface area contributed by atoms with Crippen LogP contribution in [-0.4, -0.2) is 16.5 Å². The molecule has 3 nitrogen and oxygen atoms in total. The predicted molar refractivity (Wildman–Crippen MR) is 83.9 cm³/mol. The molecule has 1 aromatic carbocycles. The van der Waals surface area contributed by atoms with Gasteiger partial charge in [0.1, 0.15) is 5.82 Å². The Morgan fingerprint density at radius 1 is 1.10 bits per heavy atom. The number of aryl methyl sites for hydroxylation is 1. The van der Waals surface area contributed by atoms with Crippen LogP contribution >= 0.6 is 0 Å². The highest BCUT2D eigenvalue weighted by atomic mass is 15.0. The summed E-state index contributed by atoms with van der Waals surface area (Å²) in [5.41, 5.74) is 4.49. The molecule has 0 amide bonds. The van der Waals surface area contributed by atoms with Crippen molar-refractivity contribution in [2.75, 3.05) is 11.9 Å². The van der Waals surface area contributed by atoms with Gasteiger partial charge < -0.3 is 5.32 Å². The summed E-state index contributed by atoms with van der Waals surface area (Å²) in [5, 5.41) is 3.44. The molecule has 0 bridgehead atoms. The summed E-state index contributed by atoms with van der Waals surface area (Å²) in [4.78, 5) is 9.27. The second-order valence-electron chi connectivity index (χ2n) is 5.43. The van der Waals surface area contributed by atoms with Crippen LogP contribution < -0.4 is 5.32 Å². The van der Waals surface area contributed by atoms with E-state index >= 15 is 0 Å². The van der Waals surface area contributed by atoms with Crippen LogP contribution in [0.15, 0.2) is 35.9 Å². The normalized spacial score (nSPS) is 15.2. The summed E-state index contributed by atoms with van der Waals surface area (Å²) >= 11 is 0. The van der Waals surface area contributed by atoms with Crippen molar-refractivity contribution >= 4 is 16.9 Å². The SMILES string of the molecule is Cc1nc2ccccc2nc1NCCC1=CCCCC1. The van der Waals surface area contributed by atoms with E-state index in [1.165, 1.54) is 25.7 Å². The van der Waals surface area contributed by atoms with Crippen LogP contribution in [0, 0.1) is 6.92 Å². The topological polar surface area (TPSA) is 37.8 Å². The van der Waals surface area contributed by atoms with Crippen LogP contribution in [0.2, 0.25) is 0 Å². The molecule has 1 heterocycles. The van der Waals surface area contributed by atoms with Crippen molar-refractivity contribution in [2.24, 2.45) is 0 Å². The summed E-state index contributed by atoms with van der Waals surface area (Å²) in [6, 6.07) is 8.02. The van der Waals surface area contributed by atoms with E-state index in [9.17, 15) is 0 Å². The van der Waals surface area contributed by atoms with Gasteiger partial charge in [0.25, 0.3) is 0 Å². The lowest BCUT2D eigenvalue weighted by Crippen LogP contribution is -2.08. The van der Waals surface area contributed by atoms with Gasteiger partial charge >= 0.3 is 0 Å². The van der Waals surface area contributed by atoms with Crippen LogP contribution in [-0.2, 0) is 0 Å². The first-order valence-corrected chi connectivity index (χ1v) is 7.48. The number of hydrogen-bond acceptors (Lipinski definition) is 3. The minimum absolute atomic E-state index is 0.917. The molecule has 0 saturated heterocycles. The highest BCUT2D eigenvalue weighted by molar-refractivity contribution is 5.76. The molecule has 0 atom stereocenters. The molecule has 0 fully saturated rings. The minimum atomic E-state index is 0.917. The molecule has 104 valence electrons. The Hall–Kier alpha value is -1.90. The second-order valence-corrected chi connectivity index (χ2v) is 5.43. The monoisotopic (exact) mass is 267 g/mol. The van der Waals surface area contributed by atoms with Gasteiger partial charge in [-0.15, -0.1) is 0 Å². The van der Waals surface area contributed by atoms with Crippen LogP contribution in [0.4, 0.5) is 5.82 Å². The lowest BCUT2D eigenvalue weighted by Gasteiger charge is -2.14. The zero-order chi connectivity index (χ0) is 13.8. The molecule has 3 heteroatoms. The van der Waals surface area contributed by atoms with Gasteiger partial charge in [-0.2, -0.15) is 0 Å². The molecule has 0 radical (unpaired) electrons. The van der Waals surface area contributed by atoms with Gasteiger partial charge in [0, 0.05) is 6.54 Å². The fourth-order valence-electron chi connectivity index (χ4n) is 2.73. The van der Waals surface area contributed by atoms with Gasteiger partial charge in [0.15, 0.2) is 0 Å². The summed E-state index contributed by atoms with van der Waals surface area (Å²) in [5.74, 6) is 0.917. The van der Waals surface area contributed by atoms with E-state index in [2.05, 4.69) is 21.4 Å². The number of aromatic nitrogens is 2. The fraction of sp³-hybridized carbons (Fsp3) is 0.412. The van der Waals surface area contributed by atoms with Crippen LogP contribution in [0.25, 0.3) is 11.0 Å². The molecule has 0 aliphatic heterocycles. The van der Waals surface area contributed by atoms with Crippen molar-refractivity contribution in [1.29, 1.82) is 0 Å². The number of fused-ring (bicyclic) bond motifs is 1. The van der Waals surface area contributed by atoms with Gasteiger partial charge in [-0.1, -0.05) is 23.8 Å². The molecular formula is C17H21N3. The van der Waals surface area contributed by atoms with E-state index in [4.69, 9.17) is 0 Å². The Labute approximate surface area is 120 Å². The van der Waals surface area contributed by atoms with Gasteiger partial charge in [0.2, 0.25) is 0 Å². The van der Waals surface area contributed by atoms with E-state index in [-0.39, 0.29) is 0 Å². The molecule has 3 rings (SSSR count). The maximum absolute atomic E-state index is 4.66. The van der Waals surface area contributed by atoms with Crippen molar-refractivity contribution in [3.05, 3.63) is 41.6 Å². The summed E-state index contributed by atoms with van der Waals surface area (Å²) in [7, 11) is 0. The molecule has 1 N–H and O–H groups in total. The maximum Gasteiger partial charge on any atom is 0.148 e. The zero-order valence-corrected chi connectivity index (χ0v) is 12.0.